The third-order valence-corrected chi connectivity index (χ3v) is 1.33. The van der Waals surface area contributed by atoms with Gasteiger partial charge in [0.25, 0.3) is 0 Å². The molecule has 0 atom stereocenters. The maximum atomic E-state index is 11.7. The van der Waals surface area contributed by atoms with Crippen LogP contribution in [0.4, 0.5) is 4.39 Å². The molecule has 1 N–H and O–H groups in total. The number of alkyl halides is 1. The van der Waals surface area contributed by atoms with Crippen molar-refractivity contribution >= 4 is 12.4 Å². The zero-order chi connectivity index (χ0) is 8.10. The molecule has 0 radical (unpaired) electrons. The number of aryl methyl sites for hydroxylation is 1. The van der Waals surface area contributed by atoms with E-state index in [9.17, 15) is 9.18 Å². The van der Waals surface area contributed by atoms with Gasteiger partial charge in [0.1, 0.15) is 0 Å². The lowest BCUT2D eigenvalue weighted by atomic mass is 10.2. The van der Waals surface area contributed by atoms with Crippen LogP contribution in [0.2, 0.25) is 0 Å². The topological polar surface area (TPSA) is 45.8 Å². The van der Waals surface area contributed by atoms with Crippen LogP contribution in [0.5, 0.6) is 0 Å². The second kappa shape index (κ2) is 5.71. The second-order valence-electron chi connectivity index (χ2n) is 2.22. The molecule has 1 heterocycles. The summed E-state index contributed by atoms with van der Waals surface area (Å²) in [6.45, 7) is -0.334. The highest BCUT2D eigenvalue weighted by Crippen LogP contribution is 1.96. The first-order valence-electron chi connectivity index (χ1n) is 3.42. The predicted molar refractivity (Wildman–Crippen MR) is 46.4 cm³/mol. The van der Waals surface area contributed by atoms with Crippen molar-refractivity contribution in [3.05, 3.63) is 28.4 Å². The van der Waals surface area contributed by atoms with Crippen molar-refractivity contribution in [2.45, 2.75) is 12.8 Å². The van der Waals surface area contributed by atoms with E-state index in [0.717, 1.165) is 5.56 Å². The van der Waals surface area contributed by atoms with Crippen molar-refractivity contribution in [3.8, 4) is 0 Å². The predicted octanol–water partition coefficient (Wildman–Crippen LogP) is 1.09. The highest BCUT2D eigenvalue weighted by molar-refractivity contribution is 5.85. The molecule has 0 fully saturated rings. The van der Waals surface area contributed by atoms with E-state index in [1.165, 1.54) is 6.20 Å². The van der Waals surface area contributed by atoms with Crippen LogP contribution in [-0.4, -0.2) is 16.6 Å². The molecule has 1 aromatic rings. The summed E-state index contributed by atoms with van der Waals surface area (Å²) in [6.07, 6.45) is 4.13. The van der Waals surface area contributed by atoms with Crippen LogP contribution in [0.25, 0.3) is 0 Å². The molecule has 0 saturated heterocycles. The van der Waals surface area contributed by atoms with Gasteiger partial charge in [0, 0.05) is 12.4 Å². The van der Waals surface area contributed by atoms with Crippen LogP contribution in [-0.2, 0) is 6.42 Å². The number of nitrogens with one attached hydrogen (secondary N) is 1. The normalized spacial score (nSPS) is 9.08. The zero-order valence-corrected chi connectivity index (χ0v) is 7.23. The largest absolute Gasteiger partial charge is 0.344 e. The molecular weight excluding hydrogens is 183 g/mol. The van der Waals surface area contributed by atoms with Crippen LogP contribution in [0.15, 0.2) is 17.2 Å². The van der Waals surface area contributed by atoms with Gasteiger partial charge in [-0.1, -0.05) is 0 Å². The molecule has 68 valence electrons. The van der Waals surface area contributed by atoms with E-state index in [0.29, 0.717) is 12.8 Å². The summed E-state index contributed by atoms with van der Waals surface area (Å²) in [6, 6.07) is 0. The lowest BCUT2D eigenvalue weighted by Crippen LogP contribution is -2.09. The fourth-order valence-corrected chi connectivity index (χ4v) is 0.778. The Balaban J connectivity index is 0.00000121. The molecule has 0 aromatic carbocycles. The third kappa shape index (κ3) is 3.48. The van der Waals surface area contributed by atoms with E-state index in [4.69, 9.17) is 0 Å². The van der Waals surface area contributed by atoms with Gasteiger partial charge in [0.15, 0.2) is 0 Å². The number of hydrogen-bond donors (Lipinski definition) is 1. The van der Waals surface area contributed by atoms with Gasteiger partial charge in [0.2, 0.25) is 0 Å². The van der Waals surface area contributed by atoms with Gasteiger partial charge in [-0.25, -0.2) is 9.78 Å². The molecule has 1 aromatic heterocycles. The average molecular weight is 193 g/mol. The van der Waals surface area contributed by atoms with Gasteiger partial charge in [-0.05, 0) is 18.4 Å². The minimum absolute atomic E-state index is 0. The summed E-state index contributed by atoms with van der Waals surface area (Å²) in [7, 11) is 0. The summed E-state index contributed by atoms with van der Waals surface area (Å²) in [5, 5.41) is 0. The monoisotopic (exact) mass is 192 g/mol. The number of aromatic amines is 1. The first kappa shape index (κ1) is 11.1. The summed E-state index contributed by atoms with van der Waals surface area (Å²) < 4.78 is 11.7. The molecule has 12 heavy (non-hydrogen) atoms. The first-order valence-corrected chi connectivity index (χ1v) is 3.42. The van der Waals surface area contributed by atoms with E-state index in [1.54, 1.807) is 6.20 Å². The molecule has 5 heteroatoms. The van der Waals surface area contributed by atoms with Gasteiger partial charge in [-0.15, -0.1) is 12.4 Å². The van der Waals surface area contributed by atoms with Gasteiger partial charge in [-0.3, -0.25) is 4.39 Å². The molecule has 0 aliphatic carbocycles. The van der Waals surface area contributed by atoms with Crippen molar-refractivity contribution < 1.29 is 4.39 Å². The maximum Gasteiger partial charge on any atom is 0.344 e. The standard InChI is InChI=1S/C7H9FN2O.ClH/c8-3-1-2-6-4-9-7(11)10-5-6;/h4-5H,1-3H2,(H,9,10,11);1H. The lowest BCUT2D eigenvalue weighted by Gasteiger charge is -1.94. The number of hydrogen-bond acceptors (Lipinski definition) is 2. The van der Waals surface area contributed by atoms with E-state index < -0.39 is 0 Å². The minimum Gasteiger partial charge on any atom is -0.312 e. The maximum absolute atomic E-state index is 11.7. The summed E-state index contributed by atoms with van der Waals surface area (Å²) in [5.74, 6) is 0. The van der Waals surface area contributed by atoms with Crippen LogP contribution < -0.4 is 5.69 Å². The average Bonchev–Trinajstić information content (AvgIpc) is 2.04. The fourth-order valence-electron chi connectivity index (χ4n) is 0.778. The quantitative estimate of drug-likeness (QED) is 0.780. The van der Waals surface area contributed by atoms with Gasteiger partial charge >= 0.3 is 5.69 Å². The number of halogens is 2. The number of nitrogens with zero attached hydrogens (tertiary/aromatic N) is 1. The Morgan fingerprint density at radius 3 is 2.83 bits per heavy atom. The minimum atomic E-state index is -0.367. The Labute approximate surface area is 75.4 Å². The van der Waals surface area contributed by atoms with Crippen molar-refractivity contribution in [1.29, 1.82) is 0 Å². The smallest absolute Gasteiger partial charge is 0.312 e. The number of H-pyrrole nitrogens is 1. The lowest BCUT2D eigenvalue weighted by molar-refractivity contribution is 0.472. The molecule has 0 spiro atoms. The van der Waals surface area contributed by atoms with Gasteiger partial charge in [-0.2, -0.15) is 0 Å². The van der Waals surface area contributed by atoms with E-state index in [-0.39, 0.29) is 24.8 Å². The third-order valence-electron chi connectivity index (χ3n) is 1.33. The van der Waals surface area contributed by atoms with Gasteiger partial charge in [0.05, 0.1) is 6.67 Å². The fraction of sp³-hybridized carbons (Fsp3) is 0.429. The Morgan fingerprint density at radius 1 is 1.58 bits per heavy atom. The molecule has 1 rings (SSSR count). The van der Waals surface area contributed by atoms with Gasteiger partial charge < -0.3 is 4.98 Å². The summed E-state index contributed by atoms with van der Waals surface area (Å²) >= 11 is 0. The molecule has 0 unspecified atom stereocenters. The van der Waals surface area contributed by atoms with Crippen molar-refractivity contribution in [2.24, 2.45) is 0 Å². The molecule has 3 nitrogen and oxygen atoms in total. The second-order valence-corrected chi connectivity index (χ2v) is 2.22. The van der Waals surface area contributed by atoms with E-state index in [1.807, 2.05) is 0 Å². The van der Waals surface area contributed by atoms with Crippen LogP contribution in [0.3, 0.4) is 0 Å². The molecule has 0 aliphatic heterocycles. The van der Waals surface area contributed by atoms with E-state index >= 15 is 0 Å². The molecule has 0 aliphatic rings. The molecule has 0 bridgehead atoms. The highest BCUT2D eigenvalue weighted by Gasteiger charge is 1.92. The molecular formula is C7H10ClFN2O. The number of rotatable bonds is 3. The number of aromatic nitrogens is 2. The highest BCUT2D eigenvalue weighted by atomic mass is 35.5. The van der Waals surface area contributed by atoms with E-state index in [2.05, 4.69) is 9.97 Å². The zero-order valence-electron chi connectivity index (χ0n) is 6.42. The Bertz CT molecular complexity index is 256. The van der Waals surface area contributed by atoms with Crippen molar-refractivity contribution in [3.63, 3.8) is 0 Å². The van der Waals surface area contributed by atoms with Crippen LogP contribution in [0.1, 0.15) is 12.0 Å². The first-order chi connectivity index (χ1) is 5.33. The molecule has 0 saturated carbocycles. The Kier molecular flexibility index (Phi) is 5.28. The SMILES string of the molecule is Cl.O=c1ncc(CCCF)c[nH]1. The Hall–Kier alpha value is -0.900. The van der Waals surface area contributed by atoms with Crippen molar-refractivity contribution in [1.82, 2.24) is 9.97 Å². The Morgan fingerprint density at radius 2 is 2.33 bits per heavy atom. The van der Waals surface area contributed by atoms with Crippen LogP contribution in [0, 0.1) is 0 Å². The van der Waals surface area contributed by atoms with Crippen molar-refractivity contribution in [2.75, 3.05) is 6.67 Å². The van der Waals surface area contributed by atoms with Crippen LogP contribution >= 0.6 is 12.4 Å². The summed E-state index contributed by atoms with van der Waals surface area (Å²) in [5.41, 5.74) is 0.497. The molecule has 0 amide bonds. The summed E-state index contributed by atoms with van der Waals surface area (Å²) in [4.78, 5) is 16.4.